The van der Waals surface area contributed by atoms with Gasteiger partial charge < -0.3 is 15.0 Å². The Morgan fingerprint density at radius 1 is 1.19 bits per heavy atom. The van der Waals surface area contributed by atoms with Gasteiger partial charge in [-0.05, 0) is 38.1 Å². The fourth-order valence-electron chi connectivity index (χ4n) is 3.10. The Morgan fingerprint density at radius 3 is 2.67 bits per heavy atom. The van der Waals surface area contributed by atoms with Crippen molar-refractivity contribution in [3.8, 4) is 0 Å². The van der Waals surface area contributed by atoms with Gasteiger partial charge in [0.25, 0.3) is 0 Å². The lowest BCUT2D eigenvalue weighted by Crippen LogP contribution is -2.36. The van der Waals surface area contributed by atoms with E-state index >= 15 is 0 Å². The highest BCUT2D eigenvalue weighted by Gasteiger charge is 2.17. The number of benzene rings is 1. The average molecular weight is 368 g/mol. The largest absolute Gasteiger partial charge is 0.378 e. The van der Waals surface area contributed by atoms with Gasteiger partial charge >= 0.3 is 0 Å². The van der Waals surface area contributed by atoms with Crippen LogP contribution < -0.4 is 15.7 Å². The van der Waals surface area contributed by atoms with Gasteiger partial charge in [0, 0.05) is 42.6 Å². The summed E-state index contributed by atoms with van der Waals surface area (Å²) in [7, 11) is 0. The van der Waals surface area contributed by atoms with E-state index in [9.17, 15) is 0 Å². The number of hydrogen-bond acceptors (Lipinski definition) is 7. The highest BCUT2D eigenvalue weighted by Crippen LogP contribution is 2.22. The molecule has 4 rings (SSSR count). The van der Waals surface area contributed by atoms with Gasteiger partial charge in [-0.15, -0.1) is 0 Å². The van der Waals surface area contributed by atoms with E-state index in [-0.39, 0.29) is 6.10 Å². The van der Waals surface area contributed by atoms with Crippen LogP contribution in [-0.2, 0) is 9.57 Å². The minimum absolute atomic E-state index is 0.120. The summed E-state index contributed by atoms with van der Waals surface area (Å²) in [6, 6.07) is 10.1. The Bertz CT molecular complexity index is 817. The number of ether oxygens (including phenoxy) is 1. The molecule has 1 aromatic heterocycles. The molecular weight excluding hydrogens is 344 g/mol. The number of aryl methyl sites for hydroxylation is 1. The molecule has 27 heavy (non-hydrogen) atoms. The summed E-state index contributed by atoms with van der Waals surface area (Å²) < 4.78 is 5.41. The number of amidine groups is 1. The molecule has 0 bridgehead atoms. The van der Waals surface area contributed by atoms with Gasteiger partial charge in [-0.3, -0.25) is 10.3 Å². The minimum Gasteiger partial charge on any atom is -0.378 e. The predicted molar refractivity (Wildman–Crippen MR) is 105 cm³/mol. The van der Waals surface area contributed by atoms with Crippen molar-refractivity contribution in [1.29, 1.82) is 0 Å². The van der Waals surface area contributed by atoms with Crippen LogP contribution in [0.15, 0.2) is 35.3 Å². The number of hydroxylamine groups is 1. The first kappa shape index (κ1) is 17.7. The van der Waals surface area contributed by atoms with Crippen molar-refractivity contribution < 1.29 is 9.57 Å². The van der Waals surface area contributed by atoms with E-state index in [2.05, 4.69) is 42.8 Å². The third-order valence-electron chi connectivity index (χ3n) is 4.45. The van der Waals surface area contributed by atoms with E-state index in [1.165, 1.54) is 5.69 Å². The van der Waals surface area contributed by atoms with Crippen LogP contribution in [0.5, 0.6) is 0 Å². The molecule has 8 heteroatoms. The molecule has 0 spiro atoms. The fraction of sp³-hybridized carbons (Fsp3) is 0.421. The number of aromatic nitrogens is 2. The van der Waals surface area contributed by atoms with Crippen LogP contribution in [-0.4, -0.2) is 48.2 Å². The molecule has 2 fully saturated rings. The fourth-order valence-corrected chi connectivity index (χ4v) is 3.10. The summed E-state index contributed by atoms with van der Waals surface area (Å²) in [4.78, 5) is 21.1. The molecule has 1 atom stereocenters. The first-order chi connectivity index (χ1) is 13.2. The Morgan fingerprint density at radius 2 is 1.96 bits per heavy atom. The second kappa shape index (κ2) is 7.89. The smallest absolute Gasteiger partial charge is 0.229 e. The molecule has 8 nitrogen and oxygen atoms in total. The molecule has 142 valence electrons. The highest BCUT2D eigenvalue weighted by molar-refractivity contribution is 5.85. The first-order valence-electron chi connectivity index (χ1n) is 9.20. The molecule has 0 radical (unpaired) electrons. The predicted octanol–water partition coefficient (Wildman–Crippen LogP) is 2.71. The van der Waals surface area contributed by atoms with E-state index < -0.39 is 0 Å². The maximum atomic E-state index is 5.41. The molecule has 0 aliphatic carbocycles. The zero-order valence-corrected chi connectivity index (χ0v) is 15.6. The Balaban J connectivity index is 1.47. The van der Waals surface area contributed by atoms with Crippen LogP contribution in [0.25, 0.3) is 0 Å². The second-order valence-corrected chi connectivity index (χ2v) is 6.76. The molecule has 2 N–H and O–H groups in total. The Labute approximate surface area is 158 Å². The third-order valence-corrected chi connectivity index (χ3v) is 4.45. The van der Waals surface area contributed by atoms with Gasteiger partial charge in [0.05, 0.1) is 19.3 Å². The molecule has 0 saturated carbocycles. The van der Waals surface area contributed by atoms with Crippen LogP contribution in [0, 0.1) is 6.92 Å². The molecule has 1 unspecified atom stereocenters. The van der Waals surface area contributed by atoms with Crippen molar-refractivity contribution in [2.24, 2.45) is 4.99 Å². The van der Waals surface area contributed by atoms with E-state index in [0.717, 1.165) is 49.9 Å². The molecule has 2 aromatic rings. The zero-order chi connectivity index (χ0) is 18.6. The molecule has 3 heterocycles. The lowest BCUT2D eigenvalue weighted by molar-refractivity contribution is 0.0575. The normalized spacial score (nSPS) is 21.3. The lowest BCUT2D eigenvalue weighted by atomic mass is 10.2. The summed E-state index contributed by atoms with van der Waals surface area (Å²) in [5.41, 5.74) is 5.82. The van der Waals surface area contributed by atoms with Crippen LogP contribution in [0.4, 0.5) is 23.1 Å². The zero-order valence-electron chi connectivity index (χ0n) is 15.6. The Kier molecular flexibility index (Phi) is 5.17. The maximum absolute atomic E-state index is 5.41. The number of nitrogens with one attached hydrogen (secondary N) is 2. The molecule has 0 amide bonds. The molecule has 2 saturated heterocycles. The van der Waals surface area contributed by atoms with Gasteiger partial charge in [0.15, 0.2) is 5.82 Å². The number of anilines is 3. The number of aliphatic imine (C=N–C) groups is 1. The molecule has 2 aliphatic heterocycles. The summed E-state index contributed by atoms with van der Waals surface area (Å²) in [5.74, 6) is 1.91. The second-order valence-electron chi connectivity index (χ2n) is 6.76. The van der Waals surface area contributed by atoms with Crippen LogP contribution in [0.3, 0.4) is 0 Å². The van der Waals surface area contributed by atoms with E-state index in [1.807, 2.05) is 32.0 Å². The van der Waals surface area contributed by atoms with Gasteiger partial charge in [0.2, 0.25) is 5.95 Å². The highest BCUT2D eigenvalue weighted by atomic mass is 16.7. The van der Waals surface area contributed by atoms with Crippen molar-refractivity contribution in [2.75, 3.05) is 36.5 Å². The Hall–Kier alpha value is -2.71. The molecular formula is C19H24N6O2. The van der Waals surface area contributed by atoms with Crippen molar-refractivity contribution in [3.05, 3.63) is 36.0 Å². The summed E-state index contributed by atoms with van der Waals surface area (Å²) >= 11 is 0. The summed E-state index contributed by atoms with van der Waals surface area (Å²) in [6.45, 7) is 7.33. The number of rotatable bonds is 4. The van der Waals surface area contributed by atoms with Gasteiger partial charge in [-0.25, -0.2) is 9.98 Å². The quantitative estimate of drug-likeness (QED) is 0.858. The monoisotopic (exact) mass is 368 g/mol. The first-order valence-corrected chi connectivity index (χ1v) is 9.20. The van der Waals surface area contributed by atoms with Crippen LogP contribution >= 0.6 is 0 Å². The van der Waals surface area contributed by atoms with E-state index in [1.54, 1.807) is 0 Å². The number of morpholine rings is 1. The molecule has 2 aliphatic rings. The SMILES string of the molecule is Cc1cc(N=C2CC(C)ON2)nc(Nc2ccc(N3CCOCC3)cc2)n1. The third kappa shape index (κ3) is 4.53. The van der Waals surface area contributed by atoms with Crippen LogP contribution in [0.1, 0.15) is 19.0 Å². The number of nitrogens with zero attached hydrogens (tertiary/aromatic N) is 4. The maximum Gasteiger partial charge on any atom is 0.229 e. The van der Waals surface area contributed by atoms with Crippen molar-refractivity contribution in [1.82, 2.24) is 15.4 Å². The lowest BCUT2D eigenvalue weighted by Gasteiger charge is -2.28. The van der Waals surface area contributed by atoms with Crippen molar-refractivity contribution >= 4 is 29.0 Å². The van der Waals surface area contributed by atoms with Crippen LogP contribution in [0.2, 0.25) is 0 Å². The topological polar surface area (TPSA) is 83.9 Å². The van der Waals surface area contributed by atoms with Crippen molar-refractivity contribution in [3.63, 3.8) is 0 Å². The van der Waals surface area contributed by atoms with E-state index in [4.69, 9.17) is 9.57 Å². The van der Waals surface area contributed by atoms with Gasteiger partial charge in [0.1, 0.15) is 5.84 Å². The van der Waals surface area contributed by atoms with Gasteiger partial charge in [-0.1, -0.05) is 0 Å². The summed E-state index contributed by atoms with van der Waals surface area (Å²) in [5, 5.41) is 3.26. The average Bonchev–Trinajstić information content (AvgIpc) is 3.07. The molecule has 1 aromatic carbocycles. The van der Waals surface area contributed by atoms with Gasteiger partial charge in [-0.2, -0.15) is 4.98 Å². The number of hydrogen-bond donors (Lipinski definition) is 2. The minimum atomic E-state index is 0.120. The van der Waals surface area contributed by atoms with E-state index in [0.29, 0.717) is 11.8 Å². The van der Waals surface area contributed by atoms with Crippen molar-refractivity contribution in [2.45, 2.75) is 26.4 Å². The standard InChI is InChI=1S/C19H24N6O2/c1-13-11-17(22-18-12-14(2)27-24-18)23-19(20-13)21-15-3-5-16(6-4-15)25-7-9-26-10-8-25/h3-6,11,14H,7-10,12H2,1-2H3,(H2,20,21,22,23,24). The summed E-state index contributed by atoms with van der Waals surface area (Å²) in [6.07, 6.45) is 0.865.